The lowest BCUT2D eigenvalue weighted by atomic mass is 9.67. The summed E-state index contributed by atoms with van der Waals surface area (Å²) in [6.07, 6.45) is 5.92. The maximum absolute atomic E-state index is 5.41. The molecule has 0 amide bonds. The molecule has 0 aromatic heterocycles. The lowest BCUT2D eigenvalue weighted by molar-refractivity contribution is 0.166. The van der Waals surface area contributed by atoms with Gasteiger partial charge in [0.05, 0.1) is 0 Å². The molecule has 0 N–H and O–H groups in total. The molecule has 9 heavy (non-hydrogen) atoms. The summed E-state index contributed by atoms with van der Waals surface area (Å²) in [5, 5.41) is 0. The highest BCUT2D eigenvalue weighted by Crippen LogP contribution is 2.21. The summed E-state index contributed by atoms with van der Waals surface area (Å²) in [7, 11) is 2.26. The summed E-state index contributed by atoms with van der Waals surface area (Å²) in [4.78, 5) is 0. The Morgan fingerprint density at radius 2 is 2.56 bits per heavy atom. The molecule has 2 aliphatic rings. The van der Waals surface area contributed by atoms with Gasteiger partial charge in [0.25, 0.3) is 0 Å². The Balaban J connectivity index is 1.77. The highest BCUT2D eigenvalue weighted by molar-refractivity contribution is 6.48. The highest BCUT2D eigenvalue weighted by atomic mass is 16.5. The Morgan fingerprint density at radius 3 is 3.11 bits per heavy atom. The Morgan fingerprint density at radius 1 is 1.67 bits per heavy atom. The molecule has 1 unspecified atom stereocenters. The van der Waals surface area contributed by atoms with Crippen LogP contribution in [0, 0.1) is 0 Å². The lowest BCUT2D eigenvalue weighted by Gasteiger charge is -2.02. The molecule has 47 valence electrons. The Labute approximate surface area is 56.3 Å². The minimum Gasteiger partial charge on any atom is -0.387 e. The average Bonchev–Trinajstić information content (AvgIpc) is 2.46. The molecule has 1 nitrogen and oxygen atoms in total. The first-order chi connectivity index (χ1) is 4.45. The standard InChI is InChI=1S/C7H10BO/c1-2-7(9-5-1)8-6-3-4-6/h3,7H,1-2,4-5H2. The second-order valence-electron chi connectivity index (χ2n) is 2.70. The largest absolute Gasteiger partial charge is 0.387 e. The molecule has 0 bridgehead atoms. The van der Waals surface area contributed by atoms with E-state index in [0.29, 0.717) is 6.00 Å². The van der Waals surface area contributed by atoms with Crippen molar-refractivity contribution in [3.63, 3.8) is 0 Å². The van der Waals surface area contributed by atoms with Crippen molar-refractivity contribution in [2.75, 3.05) is 6.61 Å². The van der Waals surface area contributed by atoms with Crippen LogP contribution in [0.25, 0.3) is 0 Å². The average molecular weight is 121 g/mol. The number of ether oxygens (including phenoxy) is 1. The molecule has 2 rings (SSSR count). The maximum atomic E-state index is 5.41. The van der Waals surface area contributed by atoms with E-state index in [-0.39, 0.29) is 0 Å². The van der Waals surface area contributed by atoms with E-state index in [1.807, 2.05) is 0 Å². The summed E-state index contributed by atoms with van der Waals surface area (Å²) in [5.41, 5.74) is 1.49. The molecule has 1 fully saturated rings. The van der Waals surface area contributed by atoms with Gasteiger partial charge in [-0.05, 0) is 19.3 Å². The molecule has 1 aliphatic carbocycles. The third kappa shape index (κ3) is 1.36. The molecule has 1 atom stereocenters. The second kappa shape index (κ2) is 2.18. The zero-order valence-electron chi connectivity index (χ0n) is 5.47. The molecule has 1 radical (unpaired) electrons. The van der Waals surface area contributed by atoms with Gasteiger partial charge in [0.15, 0.2) is 7.28 Å². The van der Waals surface area contributed by atoms with Crippen molar-refractivity contribution < 1.29 is 4.74 Å². The molecule has 0 spiro atoms. The van der Waals surface area contributed by atoms with Gasteiger partial charge in [-0.2, -0.15) is 0 Å². The highest BCUT2D eigenvalue weighted by Gasteiger charge is 2.21. The van der Waals surface area contributed by atoms with Gasteiger partial charge in [-0.1, -0.05) is 6.08 Å². The third-order valence-electron chi connectivity index (χ3n) is 1.80. The monoisotopic (exact) mass is 121 g/mol. The zero-order chi connectivity index (χ0) is 6.10. The summed E-state index contributed by atoms with van der Waals surface area (Å²) >= 11 is 0. The SMILES string of the molecule is [B](C1=CC1)C1CCCO1. The van der Waals surface area contributed by atoms with Crippen LogP contribution in [0.5, 0.6) is 0 Å². The van der Waals surface area contributed by atoms with E-state index in [2.05, 4.69) is 13.4 Å². The summed E-state index contributed by atoms with van der Waals surface area (Å²) in [6, 6.07) is 0.457. The zero-order valence-corrected chi connectivity index (χ0v) is 5.47. The predicted octanol–water partition coefficient (Wildman–Crippen LogP) is 1.11. The van der Waals surface area contributed by atoms with Crippen molar-refractivity contribution in [1.82, 2.24) is 0 Å². The van der Waals surface area contributed by atoms with Crippen LogP contribution in [0.3, 0.4) is 0 Å². The molecule has 1 aliphatic heterocycles. The van der Waals surface area contributed by atoms with Crippen molar-refractivity contribution in [3.05, 3.63) is 11.5 Å². The fourth-order valence-electron chi connectivity index (χ4n) is 1.17. The molecule has 0 aromatic carbocycles. The van der Waals surface area contributed by atoms with Gasteiger partial charge in [-0.25, -0.2) is 0 Å². The van der Waals surface area contributed by atoms with Crippen LogP contribution in [0.4, 0.5) is 0 Å². The molecular formula is C7H10BO. The van der Waals surface area contributed by atoms with Crippen molar-refractivity contribution >= 4 is 7.28 Å². The van der Waals surface area contributed by atoms with Crippen LogP contribution >= 0.6 is 0 Å². The Bertz CT molecular complexity index is 136. The van der Waals surface area contributed by atoms with E-state index >= 15 is 0 Å². The minimum absolute atomic E-state index is 0.457. The number of hydrogen-bond acceptors (Lipinski definition) is 1. The van der Waals surface area contributed by atoms with Crippen LogP contribution < -0.4 is 0 Å². The molecule has 2 heteroatoms. The molecule has 0 saturated carbocycles. The second-order valence-corrected chi connectivity index (χ2v) is 2.70. The first kappa shape index (κ1) is 5.54. The first-order valence-electron chi connectivity index (χ1n) is 3.61. The number of hydrogen-bond donors (Lipinski definition) is 0. The summed E-state index contributed by atoms with van der Waals surface area (Å²) < 4.78 is 5.41. The molecular weight excluding hydrogens is 111 g/mol. The molecule has 1 heterocycles. The first-order valence-corrected chi connectivity index (χ1v) is 3.61. The quantitative estimate of drug-likeness (QED) is 0.497. The van der Waals surface area contributed by atoms with Gasteiger partial charge in [0, 0.05) is 12.6 Å². The van der Waals surface area contributed by atoms with Gasteiger partial charge in [0.2, 0.25) is 0 Å². The van der Waals surface area contributed by atoms with E-state index in [9.17, 15) is 0 Å². The summed E-state index contributed by atoms with van der Waals surface area (Å²) in [5.74, 6) is 0. The fourth-order valence-corrected chi connectivity index (χ4v) is 1.17. The maximum Gasteiger partial charge on any atom is 0.184 e. The van der Waals surface area contributed by atoms with E-state index < -0.39 is 0 Å². The third-order valence-corrected chi connectivity index (χ3v) is 1.80. The lowest BCUT2D eigenvalue weighted by Crippen LogP contribution is -2.13. The van der Waals surface area contributed by atoms with Crippen LogP contribution in [0.15, 0.2) is 11.5 Å². The fraction of sp³-hybridized carbons (Fsp3) is 0.714. The van der Waals surface area contributed by atoms with Gasteiger partial charge in [-0.15, -0.1) is 5.47 Å². The van der Waals surface area contributed by atoms with E-state index in [4.69, 9.17) is 4.74 Å². The van der Waals surface area contributed by atoms with Gasteiger partial charge in [0.1, 0.15) is 0 Å². The van der Waals surface area contributed by atoms with Crippen LogP contribution in [0.1, 0.15) is 19.3 Å². The van der Waals surface area contributed by atoms with Crippen molar-refractivity contribution in [1.29, 1.82) is 0 Å². The van der Waals surface area contributed by atoms with Crippen LogP contribution in [-0.2, 0) is 4.74 Å². The number of rotatable bonds is 2. The molecule has 1 saturated heterocycles. The van der Waals surface area contributed by atoms with Crippen molar-refractivity contribution in [2.24, 2.45) is 0 Å². The van der Waals surface area contributed by atoms with Gasteiger partial charge < -0.3 is 4.74 Å². The van der Waals surface area contributed by atoms with Crippen LogP contribution in [0.2, 0.25) is 0 Å². The summed E-state index contributed by atoms with van der Waals surface area (Å²) in [6.45, 7) is 0.967. The topological polar surface area (TPSA) is 9.23 Å². The predicted molar refractivity (Wildman–Crippen MR) is 37.4 cm³/mol. The van der Waals surface area contributed by atoms with Crippen LogP contribution in [-0.4, -0.2) is 19.9 Å². The normalized spacial score (nSPS) is 32.0. The Kier molecular flexibility index (Phi) is 1.34. The van der Waals surface area contributed by atoms with E-state index in [1.54, 1.807) is 0 Å². The number of allylic oxidation sites excluding steroid dienone is 2. The van der Waals surface area contributed by atoms with E-state index in [0.717, 1.165) is 6.61 Å². The minimum atomic E-state index is 0.457. The smallest absolute Gasteiger partial charge is 0.184 e. The van der Waals surface area contributed by atoms with Crippen molar-refractivity contribution in [3.8, 4) is 0 Å². The van der Waals surface area contributed by atoms with Gasteiger partial charge in [-0.3, -0.25) is 0 Å². The van der Waals surface area contributed by atoms with E-state index in [1.165, 1.54) is 24.7 Å². The molecule has 0 aromatic rings. The van der Waals surface area contributed by atoms with Crippen molar-refractivity contribution in [2.45, 2.75) is 25.3 Å². The van der Waals surface area contributed by atoms with Gasteiger partial charge >= 0.3 is 0 Å². The Hall–Kier alpha value is -0.235.